The molecule has 6 heteroatoms. The van der Waals surface area contributed by atoms with Crippen LogP contribution in [0.5, 0.6) is 0 Å². The molecule has 0 radical (unpaired) electrons. The van der Waals surface area contributed by atoms with E-state index in [0.717, 1.165) is 11.6 Å². The zero-order valence-electron chi connectivity index (χ0n) is 9.91. The van der Waals surface area contributed by atoms with Crippen molar-refractivity contribution in [3.8, 4) is 0 Å². The van der Waals surface area contributed by atoms with E-state index in [-0.39, 0.29) is 0 Å². The number of para-hydroxylation sites is 1. The average molecular weight is 248 g/mol. The van der Waals surface area contributed by atoms with E-state index < -0.39 is 10.4 Å². The summed E-state index contributed by atoms with van der Waals surface area (Å²) in [6, 6.07) is 10.5. The third-order valence-corrected chi connectivity index (χ3v) is 2.16. The molecule has 5 nitrogen and oxygen atoms in total. The number of rotatable bonds is 2. The lowest BCUT2D eigenvalue weighted by Gasteiger charge is -2.22. The lowest BCUT2D eigenvalue weighted by molar-refractivity contribution is 0.324. The van der Waals surface area contributed by atoms with Crippen LogP contribution in [-0.2, 0) is 14.6 Å². The molecule has 0 fully saturated rings. The maximum Gasteiger partial charge on any atom is 0.397 e. The van der Waals surface area contributed by atoms with Gasteiger partial charge in [-0.05, 0) is 12.1 Å². The molecule has 0 aromatic heterocycles. The van der Waals surface area contributed by atoms with Gasteiger partial charge in [0.05, 0.1) is 28.3 Å². The fourth-order valence-electron chi connectivity index (χ4n) is 0.875. The molecule has 0 saturated heterocycles. The number of hydrogen-bond donors (Lipinski definition) is 1. The van der Waals surface area contributed by atoms with Crippen LogP contribution in [0, 0.1) is 0 Å². The Morgan fingerprint density at radius 1 is 1.12 bits per heavy atom. The largest absolute Gasteiger partial charge is 0.397 e. The number of benzene rings is 1. The predicted octanol–water partition coefficient (Wildman–Crippen LogP) is 1.32. The summed E-state index contributed by atoms with van der Waals surface area (Å²) in [5.41, 5.74) is 1.34. The van der Waals surface area contributed by atoms with E-state index in [2.05, 4.69) is 49.6 Å². The van der Waals surface area contributed by atoms with Gasteiger partial charge < -0.3 is 0 Å². The highest BCUT2D eigenvalue weighted by atomic mass is 32.3. The van der Waals surface area contributed by atoms with Crippen molar-refractivity contribution in [1.29, 1.82) is 0 Å². The second kappa shape index (κ2) is 5.95. The topological polar surface area (TPSA) is 63.6 Å². The summed E-state index contributed by atoms with van der Waals surface area (Å²) >= 11 is 0. The fourth-order valence-corrected chi connectivity index (χ4v) is 0.875. The van der Waals surface area contributed by atoms with E-state index in [4.69, 9.17) is 4.55 Å². The predicted molar refractivity (Wildman–Crippen MR) is 64.6 cm³/mol. The lowest BCUT2D eigenvalue weighted by Crippen LogP contribution is -2.34. The summed E-state index contributed by atoms with van der Waals surface area (Å²) < 4.78 is 30.6. The highest BCUT2D eigenvalue weighted by Crippen LogP contribution is 2.14. The van der Waals surface area contributed by atoms with Gasteiger partial charge in [0, 0.05) is 0 Å². The second-order valence-electron chi connectivity index (χ2n) is 3.94. The Kier molecular flexibility index (Phi) is 5.60. The molecule has 1 aromatic carbocycles. The fraction of sp³-hybridized carbons (Fsp3) is 0.400. The molecule has 0 aliphatic heterocycles. The average Bonchev–Trinajstić information content (AvgIpc) is 2.18. The van der Waals surface area contributed by atoms with Crippen LogP contribution in [0.3, 0.4) is 0 Å². The van der Waals surface area contributed by atoms with Crippen molar-refractivity contribution in [2.75, 3.05) is 28.3 Å². The maximum atomic E-state index is 9.33. The summed E-state index contributed by atoms with van der Waals surface area (Å²) in [5.74, 6) is 0. The quantitative estimate of drug-likeness (QED) is 0.633. The van der Waals surface area contributed by atoms with E-state index in [1.165, 1.54) is 5.69 Å². The summed E-state index contributed by atoms with van der Waals surface area (Å²) in [6.07, 6.45) is 0. The molecule has 1 N–H and O–H groups in total. The molecule has 0 amide bonds. The van der Waals surface area contributed by atoms with Crippen molar-refractivity contribution in [1.82, 2.24) is 4.48 Å². The number of quaternary nitrogens is 1. The van der Waals surface area contributed by atoms with Gasteiger partial charge in [-0.15, -0.1) is 0 Å². The van der Waals surface area contributed by atoms with Crippen molar-refractivity contribution in [3.63, 3.8) is 0 Å². The van der Waals surface area contributed by atoms with Crippen LogP contribution in [0.25, 0.3) is 0 Å². The Morgan fingerprint density at radius 2 is 1.50 bits per heavy atom. The van der Waals surface area contributed by atoms with Crippen LogP contribution in [0.2, 0.25) is 0 Å². The van der Waals surface area contributed by atoms with Gasteiger partial charge in [0.25, 0.3) is 0 Å². The highest BCUT2D eigenvalue weighted by Gasteiger charge is 2.08. The van der Waals surface area contributed by atoms with Gasteiger partial charge in [-0.25, -0.2) is 0 Å². The van der Waals surface area contributed by atoms with Crippen LogP contribution in [0.1, 0.15) is 0 Å². The lowest BCUT2D eigenvalue weighted by atomic mass is 10.3. The van der Waals surface area contributed by atoms with E-state index in [1.807, 2.05) is 6.07 Å². The van der Waals surface area contributed by atoms with Gasteiger partial charge in [0.15, 0.2) is 0 Å². The van der Waals surface area contributed by atoms with Gasteiger partial charge in [0.1, 0.15) is 5.69 Å². The molecule has 0 unspecified atom stereocenters. The van der Waals surface area contributed by atoms with Gasteiger partial charge in [-0.3, -0.25) is 13.2 Å². The first-order valence-electron chi connectivity index (χ1n) is 4.57. The highest BCUT2D eigenvalue weighted by molar-refractivity contribution is 7.80. The van der Waals surface area contributed by atoms with Crippen molar-refractivity contribution < 1.29 is 17.2 Å². The molecular weight excluding hydrogens is 230 g/mol. The Labute approximate surface area is 96.8 Å². The van der Waals surface area contributed by atoms with Crippen molar-refractivity contribution in [2.24, 2.45) is 0 Å². The standard InChI is InChI=1S/C9H14N.CH4O4S/c1-10(2,3)9-7-5-4-6-8-9;1-5-6(2,3)4/h4-8H,1-3H3;1H3,(H,2,3,4)/q+1;. The van der Waals surface area contributed by atoms with E-state index in [1.54, 1.807) is 0 Å². The molecule has 0 heterocycles. The zero-order chi connectivity index (χ0) is 12.8. The molecule has 0 saturated carbocycles. The molecule has 0 atom stereocenters. The molecule has 1 aromatic rings. The summed E-state index contributed by atoms with van der Waals surface area (Å²) in [6.45, 7) is 0. The van der Waals surface area contributed by atoms with E-state index >= 15 is 0 Å². The van der Waals surface area contributed by atoms with Crippen LogP contribution < -0.4 is 4.48 Å². The second-order valence-corrected chi connectivity index (χ2v) is 5.13. The SMILES string of the molecule is COS(=O)(=O)O.C[N+](C)(C)c1ccccc1. The van der Waals surface area contributed by atoms with E-state index in [9.17, 15) is 8.42 Å². The smallest absolute Gasteiger partial charge is 0.298 e. The minimum absolute atomic E-state index is 0.870. The van der Waals surface area contributed by atoms with Crippen LogP contribution in [0.15, 0.2) is 30.3 Å². The van der Waals surface area contributed by atoms with Gasteiger partial charge >= 0.3 is 10.4 Å². The first kappa shape index (κ1) is 15.0. The molecule has 0 bridgehead atoms. The Hall–Kier alpha value is -0.950. The van der Waals surface area contributed by atoms with Crippen LogP contribution in [-0.4, -0.2) is 41.2 Å². The number of nitrogens with zero attached hydrogens (tertiary/aromatic N) is 1. The maximum absolute atomic E-state index is 9.33. The minimum atomic E-state index is -4.16. The molecule has 0 aliphatic carbocycles. The van der Waals surface area contributed by atoms with Crippen molar-refractivity contribution >= 4 is 16.1 Å². The molecule has 0 spiro atoms. The first-order chi connectivity index (χ1) is 7.17. The summed E-state index contributed by atoms with van der Waals surface area (Å²) in [4.78, 5) is 0. The Morgan fingerprint density at radius 3 is 1.69 bits per heavy atom. The van der Waals surface area contributed by atoms with Crippen LogP contribution in [0.4, 0.5) is 5.69 Å². The molecule has 92 valence electrons. The first-order valence-corrected chi connectivity index (χ1v) is 5.93. The van der Waals surface area contributed by atoms with E-state index in [0.29, 0.717) is 0 Å². The Bertz CT molecular complexity index is 395. The summed E-state index contributed by atoms with van der Waals surface area (Å²) in [5, 5.41) is 0. The van der Waals surface area contributed by atoms with Crippen molar-refractivity contribution in [3.05, 3.63) is 30.3 Å². The monoisotopic (exact) mass is 248 g/mol. The minimum Gasteiger partial charge on any atom is -0.298 e. The van der Waals surface area contributed by atoms with Gasteiger partial charge in [-0.1, -0.05) is 18.2 Å². The molecular formula is C10H18NO4S+. The molecule has 16 heavy (non-hydrogen) atoms. The third kappa shape index (κ3) is 7.36. The zero-order valence-corrected chi connectivity index (χ0v) is 10.7. The van der Waals surface area contributed by atoms with Crippen molar-refractivity contribution in [2.45, 2.75) is 0 Å². The van der Waals surface area contributed by atoms with Gasteiger partial charge in [0.2, 0.25) is 0 Å². The number of hydrogen-bond acceptors (Lipinski definition) is 3. The Balaban J connectivity index is 0.000000325. The van der Waals surface area contributed by atoms with Crippen LogP contribution >= 0.6 is 0 Å². The summed E-state index contributed by atoms with van der Waals surface area (Å²) in [7, 11) is 3.19. The normalized spacial score (nSPS) is 11.6. The molecule has 1 rings (SSSR count). The molecule has 0 aliphatic rings. The van der Waals surface area contributed by atoms with Gasteiger partial charge in [-0.2, -0.15) is 8.42 Å². The third-order valence-electron chi connectivity index (χ3n) is 1.74.